The van der Waals surface area contributed by atoms with E-state index in [-0.39, 0.29) is 5.92 Å². The van der Waals surface area contributed by atoms with Gasteiger partial charge in [-0.25, -0.2) is 0 Å². The molecule has 0 saturated heterocycles. The first kappa shape index (κ1) is 11.2. The van der Waals surface area contributed by atoms with Crippen molar-refractivity contribution in [1.82, 2.24) is 0 Å². The Morgan fingerprint density at radius 1 is 1.21 bits per heavy atom. The van der Waals surface area contributed by atoms with E-state index in [1.165, 1.54) is 0 Å². The normalized spacial score (nSPS) is 15.5. The summed E-state index contributed by atoms with van der Waals surface area (Å²) in [7, 11) is 0. The second-order valence-corrected chi connectivity index (χ2v) is 4.00. The monoisotopic (exact) mass is 193 g/mol. The van der Waals surface area contributed by atoms with Crippen LogP contribution >= 0.6 is 0 Å². The van der Waals surface area contributed by atoms with Gasteiger partial charge < -0.3 is 10.8 Å². The second kappa shape index (κ2) is 5.13. The van der Waals surface area contributed by atoms with E-state index in [2.05, 4.69) is 13.8 Å². The van der Waals surface area contributed by atoms with E-state index in [4.69, 9.17) is 5.73 Å². The van der Waals surface area contributed by atoms with Gasteiger partial charge in [0.1, 0.15) is 0 Å². The van der Waals surface area contributed by atoms with Crippen LogP contribution in [-0.2, 0) is 0 Å². The first-order valence-corrected chi connectivity index (χ1v) is 5.10. The molecule has 0 saturated carbocycles. The van der Waals surface area contributed by atoms with Crippen molar-refractivity contribution in [3.63, 3.8) is 0 Å². The maximum Gasteiger partial charge on any atom is 0.0832 e. The minimum atomic E-state index is -0.443. The summed E-state index contributed by atoms with van der Waals surface area (Å²) in [6, 6.07) is 9.70. The largest absolute Gasteiger partial charge is 0.388 e. The van der Waals surface area contributed by atoms with E-state index >= 15 is 0 Å². The van der Waals surface area contributed by atoms with Crippen LogP contribution in [-0.4, -0.2) is 11.7 Å². The van der Waals surface area contributed by atoms with Crippen molar-refractivity contribution in [1.29, 1.82) is 0 Å². The standard InChI is InChI=1S/C12H19NO/c1-9(2)11(8-13)12(14)10-6-4-3-5-7-10/h3-7,9,11-12,14H,8,13H2,1-2H3/t11-,12+/m0/s1. The summed E-state index contributed by atoms with van der Waals surface area (Å²) in [5.74, 6) is 0.535. The molecule has 0 bridgehead atoms. The number of hydrogen-bond acceptors (Lipinski definition) is 2. The van der Waals surface area contributed by atoms with Gasteiger partial charge in [-0.15, -0.1) is 0 Å². The van der Waals surface area contributed by atoms with Crippen LogP contribution in [0, 0.1) is 11.8 Å². The molecule has 1 aromatic carbocycles. The van der Waals surface area contributed by atoms with Gasteiger partial charge in [-0.3, -0.25) is 0 Å². The molecular formula is C12H19NO. The van der Waals surface area contributed by atoms with E-state index in [0.717, 1.165) is 5.56 Å². The van der Waals surface area contributed by atoms with Gasteiger partial charge in [0.2, 0.25) is 0 Å². The summed E-state index contributed by atoms with van der Waals surface area (Å²) >= 11 is 0. The van der Waals surface area contributed by atoms with Crippen molar-refractivity contribution in [3.05, 3.63) is 35.9 Å². The smallest absolute Gasteiger partial charge is 0.0832 e. The molecule has 0 unspecified atom stereocenters. The minimum Gasteiger partial charge on any atom is -0.388 e. The third-order valence-corrected chi connectivity index (χ3v) is 2.68. The highest BCUT2D eigenvalue weighted by atomic mass is 16.3. The zero-order valence-electron chi connectivity index (χ0n) is 8.85. The number of benzene rings is 1. The van der Waals surface area contributed by atoms with Crippen LogP contribution in [0.3, 0.4) is 0 Å². The Morgan fingerprint density at radius 3 is 2.21 bits per heavy atom. The second-order valence-electron chi connectivity index (χ2n) is 4.00. The molecule has 2 nitrogen and oxygen atoms in total. The predicted octanol–water partition coefficient (Wildman–Crippen LogP) is 1.95. The fourth-order valence-corrected chi connectivity index (χ4v) is 1.66. The molecule has 0 aromatic heterocycles. The molecule has 1 rings (SSSR count). The Hall–Kier alpha value is -0.860. The van der Waals surface area contributed by atoms with Crippen LogP contribution in [0.1, 0.15) is 25.5 Å². The molecule has 0 aliphatic carbocycles. The van der Waals surface area contributed by atoms with Gasteiger partial charge in [0, 0.05) is 5.92 Å². The van der Waals surface area contributed by atoms with Crippen LogP contribution in [0.15, 0.2) is 30.3 Å². The van der Waals surface area contributed by atoms with Crippen LogP contribution in [0.4, 0.5) is 0 Å². The van der Waals surface area contributed by atoms with E-state index in [1.54, 1.807) is 0 Å². The maximum absolute atomic E-state index is 10.1. The van der Waals surface area contributed by atoms with Crippen molar-refractivity contribution >= 4 is 0 Å². The van der Waals surface area contributed by atoms with Crippen molar-refractivity contribution in [2.45, 2.75) is 20.0 Å². The summed E-state index contributed by atoms with van der Waals surface area (Å²) in [6.07, 6.45) is -0.443. The third-order valence-electron chi connectivity index (χ3n) is 2.68. The summed E-state index contributed by atoms with van der Waals surface area (Å²) in [5.41, 5.74) is 6.61. The Kier molecular flexibility index (Phi) is 4.11. The van der Waals surface area contributed by atoms with Crippen LogP contribution in [0.2, 0.25) is 0 Å². The summed E-state index contributed by atoms with van der Waals surface area (Å²) < 4.78 is 0. The van der Waals surface area contributed by atoms with E-state index in [1.807, 2.05) is 30.3 Å². The summed E-state index contributed by atoms with van der Waals surface area (Å²) in [5, 5.41) is 10.1. The maximum atomic E-state index is 10.1. The highest BCUT2D eigenvalue weighted by molar-refractivity contribution is 5.18. The van der Waals surface area contributed by atoms with Gasteiger partial charge in [0.25, 0.3) is 0 Å². The Labute approximate surface area is 85.8 Å². The van der Waals surface area contributed by atoms with E-state index < -0.39 is 6.10 Å². The topological polar surface area (TPSA) is 46.2 Å². The zero-order valence-corrected chi connectivity index (χ0v) is 8.85. The average Bonchev–Trinajstić information content (AvgIpc) is 2.19. The Bertz CT molecular complexity index is 258. The number of aliphatic hydroxyl groups excluding tert-OH is 1. The van der Waals surface area contributed by atoms with Crippen molar-refractivity contribution in [2.24, 2.45) is 17.6 Å². The minimum absolute atomic E-state index is 0.136. The van der Waals surface area contributed by atoms with Gasteiger partial charge in [-0.1, -0.05) is 44.2 Å². The van der Waals surface area contributed by atoms with Gasteiger partial charge >= 0.3 is 0 Å². The van der Waals surface area contributed by atoms with Crippen molar-refractivity contribution < 1.29 is 5.11 Å². The molecule has 2 heteroatoms. The highest BCUT2D eigenvalue weighted by Crippen LogP contribution is 2.26. The molecule has 0 aliphatic rings. The SMILES string of the molecule is CC(C)[C@H](CN)[C@H](O)c1ccccc1. The van der Waals surface area contributed by atoms with E-state index in [0.29, 0.717) is 12.5 Å². The van der Waals surface area contributed by atoms with Crippen LogP contribution in [0.5, 0.6) is 0 Å². The van der Waals surface area contributed by atoms with Crippen molar-refractivity contribution in [2.75, 3.05) is 6.54 Å². The molecule has 0 amide bonds. The lowest BCUT2D eigenvalue weighted by atomic mass is 9.87. The Morgan fingerprint density at radius 2 is 1.79 bits per heavy atom. The predicted molar refractivity (Wildman–Crippen MR) is 58.8 cm³/mol. The lowest BCUT2D eigenvalue weighted by Gasteiger charge is -2.25. The van der Waals surface area contributed by atoms with Crippen LogP contribution < -0.4 is 5.73 Å². The molecule has 0 radical (unpaired) electrons. The first-order chi connectivity index (χ1) is 6.66. The fourth-order valence-electron chi connectivity index (χ4n) is 1.66. The number of nitrogens with two attached hydrogens (primary N) is 1. The summed E-state index contributed by atoms with van der Waals surface area (Å²) in [4.78, 5) is 0. The molecule has 2 atom stereocenters. The Balaban J connectivity index is 2.78. The third kappa shape index (κ3) is 2.56. The van der Waals surface area contributed by atoms with Crippen molar-refractivity contribution in [3.8, 4) is 0 Å². The van der Waals surface area contributed by atoms with Gasteiger partial charge in [0.05, 0.1) is 6.10 Å². The molecule has 0 heterocycles. The molecule has 3 N–H and O–H groups in total. The molecule has 78 valence electrons. The first-order valence-electron chi connectivity index (χ1n) is 5.10. The van der Waals surface area contributed by atoms with Crippen LogP contribution in [0.25, 0.3) is 0 Å². The van der Waals surface area contributed by atoms with E-state index in [9.17, 15) is 5.11 Å². The molecule has 0 fully saturated rings. The molecule has 1 aromatic rings. The average molecular weight is 193 g/mol. The number of aliphatic hydroxyl groups is 1. The highest BCUT2D eigenvalue weighted by Gasteiger charge is 2.22. The lowest BCUT2D eigenvalue weighted by Crippen LogP contribution is -2.26. The van der Waals surface area contributed by atoms with Gasteiger partial charge in [-0.05, 0) is 18.0 Å². The molecule has 0 spiro atoms. The molecular weight excluding hydrogens is 174 g/mol. The fraction of sp³-hybridized carbons (Fsp3) is 0.500. The zero-order chi connectivity index (χ0) is 10.6. The van der Waals surface area contributed by atoms with Gasteiger partial charge in [-0.2, -0.15) is 0 Å². The quantitative estimate of drug-likeness (QED) is 0.767. The number of rotatable bonds is 4. The summed E-state index contributed by atoms with van der Waals surface area (Å²) in [6.45, 7) is 4.70. The molecule has 14 heavy (non-hydrogen) atoms. The molecule has 0 aliphatic heterocycles. The van der Waals surface area contributed by atoms with Gasteiger partial charge in [0.15, 0.2) is 0 Å². The lowest BCUT2D eigenvalue weighted by molar-refractivity contribution is 0.0861. The number of hydrogen-bond donors (Lipinski definition) is 2.